The first-order valence-electron chi connectivity index (χ1n) is 9.79. The van der Waals surface area contributed by atoms with Crippen molar-refractivity contribution in [2.75, 3.05) is 41.1 Å². The van der Waals surface area contributed by atoms with Gasteiger partial charge >= 0.3 is 0 Å². The van der Waals surface area contributed by atoms with Crippen LogP contribution in [0.15, 0.2) is 47.5 Å². The van der Waals surface area contributed by atoms with Gasteiger partial charge in [-0.05, 0) is 41.8 Å². The number of benzene rings is 2. The summed E-state index contributed by atoms with van der Waals surface area (Å²) in [5.41, 5.74) is 2.18. The smallest absolute Gasteiger partial charge is 0.241 e. The van der Waals surface area contributed by atoms with Crippen LogP contribution in [0.1, 0.15) is 11.1 Å². The summed E-state index contributed by atoms with van der Waals surface area (Å²) >= 11 is 0. The quantitative estimate of drug-likeness (QED) is 0.508. The molecular weight excluding hydrogens is 384 g/mol. The lowest BCUT2D eigenvalue weighted by molar-refractivity contribution is -0.127. The van der Waals surface area contributed by atoms with Gasteiger partial charge in [-0.3, -0.25) is 4.79 Å². The van der Waals surface area contributed by atoms with E-state index in [1.54, 1.807) is 26.1 Å². The van der Waals surface area contributed by atoms with Gasteiger partial charge in [-0.25, -0.2) is 4.99 Å². The fraction of sp³-hybridized carbons (Fsp3) is 0.364. The minimum atomic E-state index is -0.0234. The number of hydrogen-bond donors (Lipinski definition) is 2. The zero-order valence-corrected chi connectivity index (χ0v) is 17.6. The highest BCUT2D eigenvalue weighted by molar-refractivity contribution is 5.86. The van der Waals surface area contributed by atoms with Crippen molar-refractivity contribution in [1.29, 1.82) is 0 Å². The SMILES string of the molecule is COc1ccc(CN=C(NCCc2ccc3c(c2)OCO3)NCC(=O)N(C)C)cc1. The number of nitrogens with zero attached hydrogens (tertiary/aromatic N) is 2. The van der Waals surface area contributed by atoms with Crippen LogP contribution in [0.5, 0.6) is 17.2 Å². The van der Waals surface area contributed by atoms with Gasteiger partial charge in [0.15, 0.2) is 17.5 Å². The zero-order chi connectivity index (χ0) is 21.3. The highest BCUT2D eigenvalue weighted by Crippen LogP contribution is 2.32. The molecule has 1 aliphatic rings. The molecule has 0 bridgehead atoms. The second kappa shape index (κ2) is 10.4. The Hall–Kier alpha value is -3.42. The van der Waals surface area contributed by atoms with Crippen molar-refractivity contribution in [1.82, 2.24) is 15.5 Å². The summed E-state index contributed by atoms with van der Waals surface area (Å²) < 4.78 is 16.0. The molecule has 1 aliphatic heterocycles. The maximum absolute atomic E-state index is 11.9. The van der Waals surface area contributed by atoms with Crippen molar-refractivity contribution in [2.45, 2.75) is 13.0 Å². The van der Waals surface area contributed by atoms with E-state index in [-0.39, 0.29) is 19.2 Å². The Labute approximate surface area is 176 Å². The van der Waals surface area contributed by atoms with Crippen molar-refractivity contribution < 1.29 is 19.0 Å². The molecule has 0 radical (unpaired) electrons. The molecule has 3 rings (SSSR count). The molecule has 0 spiro atoms. The van der Waals surface area contributed by atoms with Gasteiger partial charge in [-0.15, -0.1) is 0 Å². The summed E-state index contributed by atoms with van der Waals surface area (Å²) in [4.78, 5) is 18.1. The first-order valence-corrected chi connectivity index (χ1v) is 9.79. The second-order valence-corrected chi connectivity index (χ2v) is 7.02. The molecule has 1 heterocycles. The number of hydrogen-bond acceptors (Lipinski definition) is 5. The van der Waals surface area contributed by atoms with Crippen LogP contribution >= 0.6 is 0 Å². The molecule has 1 amide bonds. The van der Waals surface area contributed by atoms with E-state index in [4.69, 9.17) is 14.2 Å². The monoisotopic (exact) mass is 412 g/mol. The number of carbonyl (C=O) groups is 1. The summed E-state index contributed by atoms with van der Waals surface area (Å²) in [7, 11) is 5.09. The number of fused-ring (bicyclic) bond motifs is 1. The van der Waals surface area contributed by atoms with Crippen molar-refractivity contribution in [2.24, 2.45) is 4.99 Å². The molecule has 2 N–H and O–H groups in total. The first kappa shape index (κ1) is 21.3. The Bertz CT molecular complexity index is 881. The number of methoxy groups -OCH3 is 1. The van der Waals surface area contributed by atoms with Crippen LogP contribution < -0.4 is 24.8 Å². The number of aliphatic imine (C=N–C) groups is 1. The summed E-state index contributed by atoms with van der Waals surface area (Å²) in [6.07, 6.45) is 0.779. The summed E-state index contributed by atoms with van der Waals surface area (Å²) in [5.74, 6) is 2.92. The normalized spacial score (nSPS) is 12.4. The fourth-order valence-corrected chi connectivity index (χ4v) is 2.81. The zero-order valence-electron chi connectivity index (χ0n) is 17.6. The van der Waals surface area contributed by atoms with Crippen LogP contribution in [0, 0.1) is 0 Å². The second-order valence-electron chi connectivity index (χ2n) is 7.02. The van der Waals surface area contributed by atoms with E-state index in [1.807, 2.05) is 42.5 Å². The average Bonchev–Trinajstić information content (AvgIpc) is 3.23. The van der Waals surface area contributed by atoms with E-state index in [0.717, 1.165) is 34.8 Å². The number of carbonyl (C=O) groups excluding carboxylic acids is 1. The van der Waals surface area contributed by atoms with E-state index in [2.05, 4.69) is 15.6 Å². The first-order chi connectivity index (χ1) is 14.5. The lowest BCUT2D eigenvalue weighted by atomic mass is 10.1. The van der Waals surface area contributed by atoms with E-state index in [9.17, 15) is 4.79 Å². The van der Waals surface area contributed by atoms with Crippen LogP contribution in [0.4, 0.5) is 0 Å². The van der Waals surface area contributed by atoms with Gasteiger partial charge in [-0.1, -0.05) is 18.2 Å². The molecule has 8 nitrogen and oxygen atoms in total. The number of amides is 1. The molecule has 0 unspecified atom stereocenters. The highest BCUT2D eigenvalue weighted by atomic mass is 16.7. The third kappa shape index (κ3) is 6.04. The predicted octanol–water partition coefficient (Wildman–Crippen LogP) is 1.79. The van der Waals surface area contributed by atoms with Gasteiger partial charge in [0.2, 0.25) is 12.7 Å². The van der Waals surface area contributed by atoms with Crippen LogP contribution in [0.2, 0.25) is 0 Å². The van der Waals surface area contributed by atoms with Crippen LogP contribution in [0.25, 0.3) is 0 Å². The number of nitrogens with one attached hydrogen (secondary N) is 2. The van der Waals surface area contributed by atoms with E-state index in [0.29, 0.717) is 19.0 Å². The summed E-state index contributed by atoms with van der Waals surface area (Å²) in [6.45, 7) is 1.58. The number of guanidine groups is 1. The fourth-order valence-electron chi connectivity index (χ4n) is 2.81. The maximum atomic E-state index is 11.9. The Morgan fingerprint density at radius 1 is 1.07 bits per heavy atom. The average molecular weight is 412 g/mol. The van der Waals surface area contributed by atoms with Crippen molar-refractivity contribution in [3.05, 3.63) is 53.6 Å². The number of ether oxygens (including phenoxy) is 3. The molecule has 0 aliphatic carbocycles. The molecule has 2 aromatic rings. The van der Waals surface area contributed by atoms with Crippen molar-refractivity contribution in [3.8, 4) is 17.2 Å². The lowest BCUT2D eigenvalue weighted by Gasteiger charge is -2.15. The van der Waals surface area contributed by atoms with E-state index >= 15 is 0 Å². The Balaban J connectivity index is 1.58. The molecule has 0 saturated carbocycles. The molecule has 0 atom stereocenters. The largest absolute Gasteiger partial charge is 0.497 e. The lowest BCUT2D eigenvalue weighted by Crippen LogP contribution is -2.43. The Morgan fingerprint density at radius 2 is 1.80 bits per heavy atom. The molecule has 0 saturated heterocycles. The van der Waals surface area contributed by atoms with E-state index < -0.39 is 0 Å². The summed E-state index contributed by atoms with van der Waals surface area (Å²) in [5, 5.41) is 6.39. The molecule has 0 aromatic heterocycles. The van der Waals surface area contributed by atoms with Gasteiger partial charge in [0.25, 0.3) is 0 Å². The number of rotatable bonds is 8. The number of likely N-dealkylation sites (N-methyl/N-ethyl adjacent to an activating group) is 1. The van der Waals surface area contributed by atoms with E-state index in [1.165, 1.54) is 0 Å². The third-order valence-electron chi connectivity index (χ3n) is 4.63. The molecule has 160 valence electrons. The topological polar surface area (TPSA) is 84.4 Å². The third-order valence-corrected chi connectivity index (χ3v) is 4.63. The Morgan fingerprint density at radius 3 is 2.53 bits per heavy atom. The van der Waals surface area contributed by atoms with Gasteiger partial charge in [0.05, 0.1) is 20.2 Å². The standard InChI is InChI=1S/C22H28N4O4/c1-26(2)21(27)14-25-22(24-13-17-4-7-18(28-3)8-5-17)23-11-10-16-6-9-19-20(12-16)30-15-29-19/h4-9,12H,10-11,13-15H2,1-3H3,(H2,23,24,25). The molecule has 0 fully saturated rings. The Kier molecular flexibility index (Phi) is 7.37. The van der Waals surface area contributed by atoms with Gasteiger partial charge < -0.3 is 29.7 Å². The molecular formula is C22H28N4O4. The van der Waals surface area contributed by atoms with Crippen LogP contribution in [-0.2, 0) is 17.8 Å². The minimum absolute atomic E-state index is 0.0234. The summed E-state index contributed by atoms with van der Waals surface area (Å²) in [6, 6.07) is 13.7. The maximum Gasteiger partial charge on any atom is 0.241 e. The highest BCUT2D eigenvalue weighted by Gasteiger charge is 2.13. The molecule has 30 heavy (non-hydrogen) atoms. The van der Waals surface area contributed by atoms with Gasteiger partial charge in [-0.2, -0.15) is 0 Å². The van der Waals surface area contributed by atoms with Gasteiger partial charge in [0.1, 0.15) is 5.75 Å². The molecule has 8 heteroatoms. The van der Waals surface area contributed by atoms with Crippen LogP contribution in [-0.4, -0.2) is 57.9 Å². The minimum Gasteiger partial charge on any atom is -0.497 e. The van der Waals surface area contributed by atoms with Crippen molar-refractivity contribution >= 4 is 11.9 Å². The van der Waals surface area contributed by atoms with Crippen LogP contribution in [0.3, 0.4) is 0 Å². The predicted molar refractivity (Wildman–Crippen MR) is 115 cm³/mol. The van der Waals surface area contributed by atoms with Crippen molar-refractivity contribution in [3.63, 3.8) is 0 Å². The van der Waals surface area contributed by atoms with Gasteiger partial charge in [0, 0.05) is 20.6 Å². The molecule has 2 aromatic carbocycles.